The number of esters is 1. The highest BCUT2D eigenvalue weighted by Gasteiger charge is 2.19. The van der Waals surface area contributed by atoms with E-state index in [1.165, 1.54) is 25.4 Å². The van der Waals surface area contributed by atoms with Crippen LogP contribution in [-0.4, -0.2) is 40.9 Å². The van der Waals surface area contributed by atoms with Crippen molar-refractivity contribution in [3.8, 4) is 0 Å². The summed E-state index contributed by atoms with van der Waals surface area (Å²) in [7, 11) is 1.24. The first-order chi connectivity index (χ1) is 8.60. The molecule has 18 heavy (non-hydrogen) atoms. The number of azide groups is 1. The second kappa shape index (κ2) is 6.55. The van der Waals surface area contributed by atoms with Gasteiger partial charge in [0, 0.05) is 11.1 Å². The highest BCUT2D eigenvalue weighted by molar-refractivity contribution is 5.88. The average molecular weight is 252 g/mol. The maximum atomic E-state index is 11.1. The molecule has 0 amide bonds. The Labute approximate surface area is 102 Å². The summed E-state index contributed by atoms with van der Waals surface area (Å²) in [6.45, 7) is -0.266. The van der Waals surface area contributed by atoms with Gasteiger partial charge in [0.15, 0.2) is 0 Å². The summed E-state index contributed by atoms with van der Waals surface area (Å²) in [6, 6.07) is 2.80. The Bertz CT molecular complexity index is 455. The molecule has 0 aliphatic carbocycles. The maximum absolute atomic E-state index is 11.1. The van der Waals surface area contributed by atoms with Crippen LogP contribution in [0.4, 0.5) is 0 Å². The Kier molecular flexibility index (Phi) is 5.06. The normalized spacial score (nSPS) is 13.3. The standard InChI is InChI=1S/C10H12N4O4/c1-18-10(17)6-2-3-7(12-4-6)9(16)8(15)5-13-14-11/h2-4,8-9,15-16H,5H2,1H3. The Morgan fingerprint density at radius 1 is 1.61 bits per heavy atom. The summed E-state index contributed by atoms with van der Waals surface area (Å²) in [5, 5.41) is 22.3. The Hall–Kier alpha value is -2.15. The third-order valence-corrected chi connectivity index (χ3v) is 2.21. The largest absolute Gasteiger partial charge is 0.465 e. The predicted molar refractivity (Wildman–Crippen MR) is 60.6 cm³/mol. The van der Waals surface area contributed by atoms with Gasteiger partial charge in [-0.05, 0) is 17.7 Å². The van der Waals surface area contributed by atoms with Gasteiger partial charge < -0.3 is 14.9 Å². The van der Waals surface area contributed by atoms with E-state index in [1.807, 2.05) is 0 Å². The number of nitrogens with zero attached hydrogens (tertiary/aromatic N) is 4. The quantitative estimate of drug-likeness (QED) is 0.342. The van der Waals surface area contributed by atoms with Crippen LogP contribution in [0.15, 0.2) is 23.4 Å². The van der Waals surface area contributed by atoms with E-state index in [0.29, 0.717) is 0 Å². The van der Waals surface area contributed by atoms with E-state index in [9.17, 15) is 15.0 Å². The highest BCUT2D eigenvalue weighted by Crippen LogP contribution is 2.15. The number of aromatic nitrogens is 1. The Balaban J connectivity index is 2.78. The zero-order chi connectivity index (χ0) is 13.5. The van der Waals surface area contributed by atoms with Gasteiger partial charge in [-0.3, -0.25) is 4.98 Å². The number of carbonyl (C=O) groups is 1. The van der Waals surface area contributed by atoms with Crippen molar-refractivity contribution in [2.24, 2.45) is 5.11 Å². The molecule has 0 fully saturated rings. The summed E-state index contributed by atoms with van der Waals surface area (Å²) in [5.41, 5.74) is 8.49. The van der Waals surface area contributed by atoms with Gasteiger partial charge >= 0.3 is 5.97 Å². The number of aliphatic hydroxyl groups is 2. The molecule has 2 unspecified atom stereocenters. The molecule has 0 aromatic carbocycles. The summed E-state index contributed by atoms with van der Waals surface area (Å²) in [5.74, 6) is -0.543. The van der Waals surface area contributed by atoms with Gasteiger partial charge in [0.05, 0.1) is 31.0 Å². The van der Waals surface area contributed by atoms with Crippen molar-refractivity contribution in [1.82, 2.24) is 4.98 Å². The molecular weight excluding hydrogens is 240 g/mol. The van der Waals surface area contributed by atoms with Crippen LogP contribution < -0.4 is 0 Å². The molecule has 96 valence electrons. The number of methoxy groups -OCH3 is 1. The number of hydrogen-bond acceptors (Lipinski definition) is 6. The number of ether oxygens (including phenoxy) is 1. The lowest BCUT2D eigenvalue weighted by atomic mass is 10.1. The van der Waals surface area contributed by atoms with Gasteiger partial charge in [-0.2, -0.15) is 0 Å². The minimum atomic E-state index is -1.29. The van der Waals surface area contributed by atoms with Crippen molar-refractivity contribution < 1.29 is 19.7 Å². The lowest BCUT2D eigenvalue weighted by Crippen LogP contribution is -2.22. The van der Waals surface area contributed by atoms with E-state index < -0.39 is 18.2 Å². The fourth-order valence-corrected chi connectivity index (χ4v) is 1.24. The predicted octanol–water partition coefficient (Wildman–Crippen LogP) is 0.573. The first-order valence-corrected chi connectivity index (χ1v) is 5.01. The maximum Gasteiger partial charge on any atom is 0.339 e. The molecule has 1 aromatic rings. The fraction of sp³-hybridized carbons (Fsp3) is 0.400. The molecule has 0 saturated carbocycles. The third-order valence-electron chi connectivity index (χ3n) is 2.21. The van der Waals surface area contributed by atoms with Crippen molar-refractivity contribution in [3.05, 3.63) is 40.0 Å². The second-order valence-electron chi connectivity index (χ2n) is 3.39. The van der Waals surface area contributed by atoms with Crippen LogP contribution in [0.5, 0.6) is 0 Å². The Morgan fingerprint density at radius 3 is 2.83 bits per heavy atom. The van der Waals surface area contributed by atoms with Gasteiger partial charge in [-0.25, -0.2) is 4.79 Å². The van der Waals surface area contributed by atoms with Crippen molar-refractivity contribution in [1.29, 1.82) is 0 Å². The van der Waals surface area contributed by atoms with Crippen LogP contribution in [0, 0.1) is 0 Å². The minimum absolute atomic E-state index is 0.170. The summed E-state index contributed by atoms with van der Waals surface area (Å²) >= 11 is 0. The molecule has 8 nitrogen and oxygen atoms in total. The molecule has 0 aliphatic rings. The lowest BCUT2D eigenvalue weighted by Gasteiger charge is -2.15. The molecule has 1 aromatic heterocycles. The van der Waals surface area contributed by atoms with Crippen molar-refractivity contribution in [2.75, 3.05) is 13.7 Å². The van der Waals surface area contributed by atoms with Crippen LogP contribution in [0.2, 0.25) is 0 Å². The molecule has 8 heteroatoms. The molecule has 2 atom stereocenters. The monoisotopic (exact) mass is 252 g/mol. The number of aliphatic hydroxyl groups excluding tert-OH is 2. The molecule has 2 N–H and O–H groups in total. The molecule has 0 aliphatic heterocycles. The third kappa shape index (κ3) is 3.42. The van der Waals surface area contributed by atoms with Crippen molar-refractivity contribution in [2.45, 2.75) is 12.2 Å². The second-order valence-corrected chi connectivity index (χ2v) is 3.39. The molecule has 0 spiro atoms. The van der Waals surface area contributed by atoms with Crippen LogP contribution in [0.3, 0.4) is 0 Å². The Morgan fingerprint density at radius 2 is 2.33 bits per heavy atom. The van der Waals surface area contributed by atoms with Gasteiger partial charge in [-0.1, -0.05) is 5.11 Å². The van der Waals surface area contributed by atoms with Gasteiger partial charge in [0.25, 0.3) is 0 Å². The van der Waals surface area contributed by atoms with E-state index in [2.05, 4.69) is 19.7 Å². The molecular formula is C10H12N4O4. The average Bonchev–Trinajstić information content (AvgIpc) is 2.43. The van der Waals surface area contributed by atoms with Gasteiger partial charge in [0.2, 0.25) is 0 Å². The summed E-state index contributed by atoms with van der Waals surface area (Å²) in [4.78, 5) is 17.4. The van der Waals surface area contributed by atoms with Gasteiger partial charge in [0.1, 0.15) is 6.10 Å². The summed E-state index contributed by atoms with van der Waals surface area (Å²) in [6.07, 6.45) is -1.32. The van der Waals surface area contributed by atoms with Crippen LogP contribution in [0.25, 0.3) is 10.4 Å². The topological polar surface area (TPSA) is 128 Å². The van der Waals surface area contributed by atoms with Crippen LogP contribution in [-0.2, 0) is 4.74 Å². The molecule has 1 heterocycles. The first kappa shape index (κ1) is 13.9. The SMILES string of the molecule is COC(=O)c1ccc(C(O)C(O)CN=[N+]=[N-])nc1. The number of carbonyl (C=O) groups excluding carboxylic acids is 1. The van der Waals surface area contributed by atoms with E-state index in [4.69, 9.17) is 5.53 Å². The van der Waals surface area contributed by atoms with E-state index >= 15 is 0 Å². The highest BCUT2D eigenvalue weighted by atomic mass is 16.5. The number of rotatable bonds is 5. The minimum Gasteiger partial charge on any atom is -0.465 e. The molecule has 1 rings (SSSR count). The summed E-state index contributed by atoms with van der Waals surface area (Å²) < 4.78 is 4.49. The van der Waals surface area contributed by atoms with Crippen LogP contribution in [0.1, 0.15) is 22.2 Å². The van der Waals surface area contributed by atoms with Crippen molar-refractivity contribution >= 4 is 5.97 Å². The smallest absolute Gasteiger partial charge is 0.339 e. The zero-order valence-corrected chi connectivity index (χ0v) is 9.59. The number of hydrogen-bond donors (Lipinski definition) is 2. The molecule has 0 bridgehead atoms. The molecule has 0 saturated heterocycles. The van der Waals surface area contributed by atoms with E-state index in [1.54, 1.807) is 0 Å². The van der Waals surface area contributed by atoms with E-state index in [-0.39, 0.29) is 17.8 Å². The molecule has 0 radical (unpaired) electrons. The van der Waals surface area contributed by atoms with Crippen molar-refractivity contribution in [3.63, 3.8) is 0 Å². The van der Waals surface area contributed by atoms with Gasteiger partial charge in [-0.15, -0.1) is 0 Å². The fourth-order valence-electron chi connectivity index (χ4n) is 1.24. The zero-order valence-electron chi connectivity index (χ0n) is 9.59. The van der Waals surface area contributed by atoms with E-state index in [0.717, 1.165) is 0 Å². The lowest BCUT2D eigenvalue weighted by molar-refractivity contribution is 0.0217. The van der Waals surface area contributed by atoms with Crippen LogP contribution >= 0.6 is 0 Å². The number of pyridine rings is 1. The first-order valence-electron chi connectivity index (χ1n) is 5.01.